The Labute approximate surface area is 194 Å². The Kier molecular flexibility index (Phi) is 6.24. The molecule has 1 aromatic heterocycles. The van der Waals surface area contributed by atoms with Gasteiger partial charge in [0, 0.05) is 31.7 Å². The highest BCUT2D eigenvalue weighted by Crippen LogP contribution is 2.37. The number of aliphatic hydroxyl groups excluding tert-OH is 1. The molecular formula is C28H29N3O2. The molecule has 1 N–H and O–H groups in total. The molecule has 5 rings (SSSR count). The van der Waals surface area contributed by atoms with E-state index < -0.39 is 6.10 Å². The maximum Gasteiger partial charge on any atom is 0.222 e. The van der Waals surface area contributed by atoms with Crippen LogP contribution in [-0.2, 0) is 13.6 Å². The first-order valence-corrected chi connectivity index (χ1v) is 11.5. The van der Waals surface area contributed by atoms with Crippen LogP contribution in [0.15, 0.2) is 91.0 Å². The van der Waals surface area contributed by atoms with Crippen molar-refractivity contribution >= 4 is 0 Å². The van der Waals surface area contributed by atoms with E-state index in [2.05, 4.69) is 17.0 Å². The maximum absolute atomic E-state index is 10.9. The summed E-state index contributed by atoms with van der Waals surface area (Å²) < 4.78 is 8.17. The molecule has 33 heavy (non-hydrogen) atoms. The van der Waals surface area contributed by atoms with Gasteiger partial charge in [-0.15, -0.1) is 0 Å². The number of aliphatic hydroxyl groups is 1. The fourth-order valence-electron chi connectivity index (χ4n) is 4.24. The molecule has 5 heteroatoms. The van der Waals surface area contributed by atoms with Crippen LogP contribution in [-0.4, -0.2) is 32.4 Å². The molecule has 0 aliphatic heterocycles. The van der Waals surface area contributed by atoms with Crippen molar-refractivity contribution in [2.24, 2.45) is 7.05 Å². The normalized spacial score (nSPS) is 14.4. The van der Waals surface area contributed by atoms with Gasteiger partial charge in [0.1, 0.15) is 11.4 Å². The molecule has 1 saturated carbocycles. The van der Waals surface area contributed by atoms with Crippen LogP contribution in [0, 0.1) is 0 Å². The number of para-hydroxylation sites is 1. The maximum atomic E-state index is 10.9. The quantitative estimate of drug-likeness (QED) is 0.370. The van der Waals surface area contributed by atoms with Gasteiger partial charge in [-0.1, -0.05) is 78.9 Å². The van der Waals surface area contributed by atoms with Crippen LogP contribution in [0.5, 0.6) is 11.6 Å². The Morgan fingerprint density at radius 2 is 1.55 bits per heavy atom. The standard InChI is InChI=1S/C28H29N3O2/c1-30-28(33-24-15-9-4-10-16-24)25(27(29-30)22-13-7-3-8-14-22)19-31(23-17-18-23)20-26(32)21-11-5-2-6-12-21/h2-16,23,26,32H,17-20H2,1H3. The number of aryl methyl sites for hydroxylation is 1. The summed E-state index contributed by atoms with van der Waals surface area (Å²) in [5.41, 5.74) is 3.97. The van der Waals surface area contributed by atoms with Crippen LogP contribution in [0.1, 0.15) is 30.1 Å². The lowest BCUT2D eigenvalue weighted by Gasteiger charge is -2.25. The van der Waals surface area contributed by atoms with Crippen LogP contribution in [0.3, 0.4) is 0 Å². The monoisotopic (exact) mass is 439 g/mol. The van der Waals surface area contributed by atoms with Gasteiger partial charge in [-0.05, 0) is 30.5 Å². The van der Waals surface area contributed by atoms with Gasteiger partial charge in [-0.2, -0.15) is 5.10 Å². The molecule has 1 atom stereocenters. The van der Waals surface area contributed by atoms with Crippen molar-refractivity contribution in [2.45, 2.75) is 31.5 Å². The van der Waals surface area contributed by atoms with Gasteiger partial charge in [0.25, 0.3) is 0 Å². The molecule has 1 aliphatic carbocycles. The van der Waals surface area contributed by atoms with Crippen molar-refractivity contribution in [3.63, 3.8) is 0 Å². The lowest BCUT2D eigenvalue weighted by molar-refractivity contribution is 0.104. The number of ether oxygens (including phenoxy) is 1. The number of hydrogen-bond donors (Lipinski definition) is 1. The lowest BCUT2D eigenvalue weighted by atomic mass is 10.1. The average molecular weight is 440 g/mol. The summed E-state index contributed by atoms with van der Waals surface area (Å²) in [6.45, 7) is 1.23. The Morgan fingerprint density at radius 1 is 0.939 bits per heavy atom. The smallest absolute Gasteiger partial charge is 0.222 e. The summed E-state index contributed by atoms with van der Waals surface area (Å²) in [5, 5.41) is 15.8. The summed E-state index contributed by atoms with van der Waals surface area (Å²) in [6, 6.07) is 30.4. The Balaban J connectivity index is 1.49. The van der Waals surface area contributed by atoms with E-state index in [-0.39, 0.29) is 0 Å². The first kappa shape index (κ1) is 21.4. The zero-order chi connectivity index (χ0) is 22.6. The van der Waals surface area contributed by atoms with Crippen LogP contribution >= 0.6 is 0 Å². The van der Waals surface area contributed by atoms with E-state index >= 15 is 0 Å². The molecule has 1 fully saturated rings. The molecule has 168 valence electrons. The van der Waals surface area contributed by atoms with E-state index in [1.165, 1.54) is 0 Å². The molecule has 0 radical (unpaired) electrons. The summed E-state index contributed by atoms with van der Waals surface area (Å²) >= 11 is 0. The summed E-state index contributed by atoms with van der Waals surface area (Å²) in [5.74, 6) is 1.52. The van der Waals surface area contributed by atoms with Gasteiger partial charge in [0.05, 0.1) is 11.7 Å². The predicted octanol–water partition coefficient (Wildman–Crippen LogP) is 5.58. The van der Waals surface area contributed by atoms with E-state index in [0.717, 1.165) is 46.9 Å². The molecular weight excluding hydrogens is 410 g/mol. The lowest BCUT2D eigenvalue weighted by Crippen LogP contribution is -2.30. The minimum atomic E-state index is -0.540. The van der Waals surface area contributed by atoms with E-state index in [1.807, 2.05) is 90.6 Å². The van der Waals surface area contributed by atoms with Crippen molar-refractivity contribution in [1.29, 1.82) is 0 Å². The molecule has 4 aromatic rings. The second kappa shape index (κ2) is 9.61. The highest BCUT2D eigenvalue weighted by Gasteiger charge is 2.33. The van der Waals surface area contributed by atoms with Crippen LogP contribution in [0.2, 0.25) is 0 Å². The van der Waals surface area contributed by atoms with Crippen molar-refractivity contribution in [1.82, 2.24) is 14.7 Å². The highest BCUT2D eigenvalue weighted by molar-refractivity contribution is 5.65. The molecule has 5 nitrogen and oxygen atoms in total. The SMILES string of the molecule is Cn1nc(-c2ccccc2)c(CN(CC(O)c2ccccc2)C2CC2)c1Oc1ccccc1. The van der Waals surface area contributed by atoms with Gasteiger partial charge in [0.15, 0.2) is 0 Å². The molecule has 3 aromatic carbocycles. The van der Waals surface area contributed by atoms with Gasteiger partial charge < -0.3 is 9.84 Å². The third kappa shape index (κ3) is 5.00. The molecule has 0 spiro atoms. The average Bonchev–Trinajstić information content (AvgIpc) is 3.67. The zero-order valence-electron chi connectivity index (χ0n) is 18.8. The molecule has 0 amide bonds. The first-order chi connectivity index (χ1) is 16.2. The molecule has 0 bridgehead atoms. The zero-order valence-corrected chi connectivity index (χ0v) is 18.8. The number of benzene rings is 3. The Hall–Kier alpha value is -3.41. The molecule has 1 heterocycles. The van der Waals surface area contributed by atoms with Gasteiger partial charge >= 0.3 is 0 Å². The van der Waals surface area contributed by atoms with E-state index in [1.54, 1.807) is 0 Å². The van der Waals surface area contributed by atoms with Crippen molar-refractivity contribution in [3.8, 4) is 22.9 Å². The van der Waals surface area contributed by atoms with Gasteiger partial charge in [-0.25, -0.2) is 4.68 Å². The van der Waals surface area contributed by atoms with Crippen molar-refractivity contribution in [2.75, 3.05) is 6.54 Å². The molecule has 1 aliphatic rings. The first-order valence-electron chi connectivity index (χ1n) is 11.5. The fourth-order valence-corrected chi connectivity index (χ4v) is 4.24. The van der Waals surface area contributed by atoms with E-state index in [4.69, 9.17) is 9.84 Å². The van der Waals surface area contributed by atoms with E-state index in [9.17, 15) is 5.11 Å². The van der Waals surface area contributed by atoms with E-state index in [0.29, 0.717) is 19.1 Å². The third-order valence-corrected chi connectivity index (χ3v) is 6.11. The topological polar surface area (TPSA) is 50.5 Å². The summed E-state index contributed by atoms with van der Waals surface area (Å²) in [6.07, 6.45) is 1.76. The number of nitrogens with zero attached hydrogens (tertiary/aromatic N) is 3. The number of rotatable bonds is 9. The second-order valence-electron chi connectivity index (χ2n) is 8.62. The predicted molar refractivity (Wildman–Crippen MR) is 130 cm³/mol. The summed E-state index contributed by atoms with van der Waals surface area (Å²) in [4.78, 5) is 2.37. The third-order valence-electron chi connectivity index (χ3n) is 6.11. The molecule has 1 unspecified atom stereocenters. The fraction of sp³-hybridized carbons (Fsp3) is 0.250. The van der Waals surface area contributed by atoms with Crippen LogP contribution in [0.4, 0.5) is 0 Å². The second-order valence-corrected chi connectivity index (χ2v) is 8.62. The largest absolute Gasteiger partial charge is 0.439 e. The van der Waals surface area contributed by atoms with Crippen molar-refractivity contribution in [3.05, 3.63) is 102 Å². The van der Waals surface area contributed by atoms with Crippen molar-refractivity contribution < 1.29 is 9.84 Å². The minimum absolute atomic E-state index is 0.469. The Bertz CT molecular complexity index is 1170. The summed E-state index contributed by atoms with van der Waals surface area (Å²) in [7, 11) is 1.93. The van der Waals surface area contributed by atoms with Crippen LogP contribution < -0.4 is 4.74 Å². The van der Waals surface area contributed by atoms with Gasteiger partial charge in [0.2, 0.25) is 5.88 Å². The number of aromatic nitrogens is 2. The Morgan fingerprint density at radius 3 is 2.18 bits per heavy atom. The van der Waals surface area contributed by atoms with Gasteiger partial charge in [-0.3, -0.25) is 4.90 Å². The number of hydrogen-bond acceptors (Lipinski definition) is 4. The molecule has 0 saturated heterocycles. The highest BCUT2D eigenvalue weighted by atomic mass is 16.5. The minimum Gasteiger partial charge on any atom is -0.439 e. The van der Waals surface area contributed by atoms with Crippen LogP contribution in [0.25, 0.3) is 11.3 Å².